The van der Waals surface area contributed by atoms with Crippen molar-refractivity contribution in [3.05, 3.63) is 54.1 Å². The predicted molar refractivity (Wildman–Crippen MR) is 106 cm³/mol. The highest BCUT2D eigenvalue weighted by atomic mass is 16.5. The second-order valence-corrected chi connectivity index (χ2v) is 6.60. The lowest BCUT2D eigenvalue weighted by Gasteiger charge is -2.17. The molecule has 0 saturated carbocycles. The van der Waals surface area contributed by atoms with Gasteiger partial charge in [0.15, 0.2) is 0 Å². The summed E-state index contributed by atoms with van der Waals surface area (Å²) in [4.78, 5) is 26.3. The summed E-state index contributed by atoms with van der Waals surface area (Å²) in [5.41, 5.74) is 1.83. The normalized spacial score (nSPS) is 16.1. The van der Waals surface area contributed by atoms with E-state index in [1.165, 1.54) is 0 Å². The molecule has 0 N–H and O–H groups in total. The van der Waals surface area contributed by atoms with Crippen molar-refractivity contribution in [2.24, 2.45) is 5.92 Å². The molecule has 2 aromatic carbocycles. The second-order valence-electron chi connectivity index (χ2n) is 6.60. The van der Waals surface area contributed by atoms with Crippen LogP contribution in [0.5, 0.6) is 11.5 Å². The van der Waals surface area contributed by atoms with Crippen LogP contribution in [-0.4, -0.2) is 38.7 Å². The first-order valence-electron chi connectivity index (χ1n) is 9.43. The van der Waals surface area contributed by atoms with Crippen molar-refractivity contribution in [3.8, 4) is 11.5 Å². The van der Waals surface area contributed by atoms with E-state index < -0.39 is 5.92 Å². The van der Waals surface area contributed by atoms with Crippen LogP contribution in [0.15, 0.2) is 48.5 Å². The molecule has 6 heteroatoms. The van der Waals surface area contributed by atoms with Crippen molar-refractivity contribution in [2.45, 2.75) is 19.8 Å². The maximum atomic E-state index is 12.4. The Kier molecular flexibility index (Phi) is 6.53. The molecule has 1 atom stereocenters. The molecule has 0 aliphatic carbocycles. The maximum Gasteiger partial charge on any atom is 0.311 e. The first-order valence-corrected chi connectivity index (χ1v) is 9.43. The van der Waals surface area contributed by atoms with Gasteiger partial charge in [0, 0.05) is 25.1 Å². The fourth-order valence-electron chi connectivity index (χ4n) is 3.18. The van der Waals surface area contributed by atoms with Crippen LogP contribution in [0, 0.1) is 5.92 Å². The zero-order chi connectivity index (χ0) is 19.9. The van der Waals surface area contributed by atoms with Gasteiger partial charge in [0.2, 0.25) is 5.91 Å². The van der Waals surface area contributed by atoms with E-state index >= 15 is 0 Å². The van der Waals surface area contributed by atoms with Crippen molar-refractivity contribution < 1.29 is 23.8 Å². The van der Waals surface area contributed by atoms with E-state index in [-0.39, 0.29) is 18.3 Å². The Morgan fingerprint density at radius 3 is 2.39 bits per heavy atom. The fraction of sp³-hybridized carbons (Fsp3) is 0.364. The number of anilines is 1. The molecule has 148 valence electrons. The minimum absolute atomic E-state index is 0.0683. The number of ether oxygens (including phenoxy) is 3. The van der Waals surface area contributed by atoms with Crippen LogP contribution in [0.2, 0.25) is 0 Å². The van der Waals surface area contributed by atoms with Gasteiger partial charge in [-0.1, -0.05) is 12.1 Å². The van der Waals surface area contributed by atoms with Gasteiger partial charge in [-0.25, -0.2) is 0 Å². The molecule has 1 unspecified atom stereocenters. The Labute approximate surface area is 165 Å². The SMILES string of the molecule is CCOc1ccc(N2CC(C(=O)OCCc3ccc(OC)cc3)CC2=O)cc1. The van der Waals surface area contributed by atoms with Gasteiger partial charge in [-0.15, -0.1) is 0 Å². The summed E-state index contributed by atoms with van der Waals surface area (Å²) >= 11 is 0. The number of benzene rings is 2. The molecule has 1 fully saturated rings. The fourth-order valence-corrected chi connectivity index (χ4v) is 3.18. The highest BCUT2D eigenvalue weighted by Crippen LogP contribution is 2.27. The molecular formula is C22H25NO5. The molecule has 1 aliphatic heterocycles. The Hall–Kier alpha value is -3.02. The molecule has 1 saturated heterocycles. The lowest BCUT2D eigenvalue weighted by atomic mass is 10.1. The second kappa shape index (κ2) is 9.26. The quantitative estimate of drug-likeness (QED) is 0.655. The summed E-state index contributed by atoms with van der Waals surface area (Å²) in [6.45, 7) is 3.14. The topological polar surface area (TPSA) is 65.1 Å². The molecule has 28 heavy (non-hydrogen) atoms. The summed E-state index contributed by atoms with van der Waals surface area (Å²) in [7, 11) is 1.62. The van der Waals surface area contributed by atoms with E-state index in [1.807, 2.05) is 55.5 Å². The van der Waals surface area contributed by atoms with E-state index in [2.05, 4.69) is 0 Å². The number of hydrogen-bond donors (Lipinski definition) is 0. The zero-order valence-corrected chi connectivity index (χ0v) is 16.2. The van der Waals surface area contributed by atoms with E-state index in [0.717, 1.165) is 22.7 Å². The molecule has 1 heterocycles. The predicted octanol–water partition coefficient (Wildman–Crippen LogP) is 3.23. The molecule has 1 amide bonds. The summed E-state index contributed by atoms with van der Waals surface area (Å²) in [6.07, 6.45) is 0.799. The van der Waals surface area contributed by atoms with Crippen molar-refractivity contribution >= 4 is 17.6 Å². The van der Waals surface area contributed by atoms with Gasteiger partial charge in [0.05, 0.1) is 26.2 Å². The first kappa shape index (κ1) is 19.7. The van der Waals surface area contributed by atoms with Crippen molar-refractivity contribution in [3.63, 3.8) is 0 Å². The van der Waals surface area contributed by atoms with E-state index in [9.17, 15) is 9.59 Å². The third-order valence-corrected chi connectivity index (χ3v) is 4.71. The van der Waals surface area contributed by atoms with Gasteiger partial charge in [0.1, 0.15) is 11.5 Å². The van der Waals surface area contributed by atoms with Crippen LogP contribution in [-0.2, 0) is 20.7 Å². The minimum Gasteiger partial charge on any atom is -0.497 e. The van der Waals surface area contributed by atoms with E-state index in [1.54, 1.807) is 12.0 Å². The molecule has 1 aliphatic rings. The van der Waals surface area contributed by atoms with Gasteiger partial charge in [0.25, 0.3) is 0 Å². The maximum absolute atomic E-state index is 12.4. The van der Waals surface area contributed by atoms with Crippen molar-refractivity contribution in [2.75, 3.05) is 31.8 Å². The largest absolute Gasteiger partial charge is 0.497 e. The molecule has 0 aromatic heterocycles. The van der Waals surface area contributed by atoms with Gasteiger partial charge in [-0.2, -0.15) is 0 Å². The van der Waals surface area contributed by atoms with Crippen LogP contribution in [0.3, 0.4) is 0 Å². The summed E-state index contributed by atoms with van der Waals surface area (Å²) in [5.74, 6) is 0.721. The standard InChI is InChI=1S/C22H25NO5/c1-3-27-20-10-6-18(7-11-20)23-15-17(14-21(23)24)22(25)28-13-12-16-4-8-19(26-2)9-5-16/h4-11,17H,3,12-15H2,1-2H3. The number of rotatable bonds is 8. The Bertz CT molecular complexity index is 801. The lowest BCUT2D eigenvalue weighted by Crippen LogP contribution is -2.26. The molecule has 0 radical (unpaired) electrons. The van der Waals surface area contributed by atoms with Crippen LogP contribution in [0.1, 0.15) is 18.9 Å². The lowest BCUT2D eigenvalue weighted by molar-refractivity contribution is -0.148. The number of methoxy groups -OCH3 is 1. The minimum atomic E-state index is -0.435. The summed E-state index contributed by atoms with van der Waals surface area (Å²) < 4.78 is 15.9. The number of carbonyl (C=O) groups excluding carboxylic acids is 2. The third-order valence-electron chi connectivity index (χ3n) is 4.71. The van der Waals surface area contributed by atoms with Gasteiger partial charge < -0.3 is 19.1 Å². The highest BCUT2D eigenvalue weighted by Gasteiger charge is 2.36. The number of nitrogens with zero attached hydrogens (tertiary/aromatic N) is 1. The third kappa shape index (κ3) is 4.82. The Morgan fingerprint density at radius 1 is 1.07 bits per heavy atom. The van der Waals surface area contributed by atoms with Crippen LogP contribution < -0.4 is 14.4 Å². The van der Waals surface area contributed by atoms with E-state index in [4.69, 9.17) is 14.2 Å². The average molecular weight is 383 g/mol. The summed E-state index contributed by atoms with van der Waals surface area (Å²) in [5, 5.41) is 0. The van der Waals surface area contributed by atoms with Crippen LogP contribution in [0.4, 0.5) is 5.69 Å². The van der Waals surface area contributed by atoms with Crippen LogP contribution in [0.25, 0.3) is 0 Å². The number of esters is 1. The molecule has 2 aromatic rings. The van der Waals surface area contributed by atoms with Gasteiger partial charge >= 0.3 is 5.97 Å². The molecule has 6 nitrogen and oxygen atoms in total. The molecule has 0 bridgehead atoms. The zero-order valence-electron chi connectivity index (χ0n) is 16.2. The number of carbonyl (C=O) groups is 2. The molecule has 0 spiro atoms. The van der Waals surface area contributed by atoms with Crippen LogP contribution >= 0.6 is 0 Å². The Balaban J connectivity index is 1.50. The number of hydrogen-bond acceptors (Lipinski definition) is 5. The number of amides is 1. The first-order chi connectivity index (χ1) is 13.6. The van der Waals surface area contributed by atoms with Gasteiger partial charge in [-0.05, 0) is 48.9 Å². The van der Waals surface area contributed by atoms with E-state index in [0.29, 0.717) is 26.2 Å². The Morgan fingerprint density at radius 2 is 1.75 bits per heavy atom. The average Bonchev–Trinajstić information content (AvgIpc) is 3.11. The monoisotopic (exact) mass is 383 g/mol. The highest BCUT2D eigenvalue weighted by molar-refractivity contribution is 5.99. The summed E-state index contributed by atoms with van der Waals surface area (Å²) in [6, 6.07) is 15.0. The van der Waals surface area contributed by atoms with Crippen molar-refractivity contribution in [1.82, 2.24) is 0 Å². The van der Waals surface area contributed by atoms with Gasteiger partial charge in [-0.3, -0.25) is 9.59 Å². The smallest absolute Gasteiger partial charge is 0.311 e. The van der Waals surface area contributed by atoms with Crippen molar-refractivity contribution in [1.29, 1.82) is 0 Å². The molecule has 3 rings (SSSR count). The molecular weight excluding hydrogens is 358 g/mol.